The molecule has 1 spiro atoms. The van der Waals surface area contributed by atoms with E-state index in [2.05, 4.69) is 85.0 Å². The van der Waals surface area contributed by atoms with Crippen LogP contribution in [-0.4, -0.2) is 109 Å². The molecule has 4 N–H and O–H groups in total. The van der Waals surface area contributed by atoms with Gasteiger partial charge in [0.2, 0.25) is 0 Å². The molecule has 10 rings (SSSR count). The van der Waals surface area contributed by atoms with Crippen molar-refractivity contribution in [3.8, 4) is 23.0 Å². The van der Waals surface area contributed by atoms with Crippen molar-refractivity contribution in [2.75, 3.05) is 63.7 Å². The number of halogens is 1. The maximum absolute atomic E-state index is 14.7. The number of nitrogens with zero attached hydrogens (tertiary/aromatic N) is 5. The van der Waals surface area contributed by atoms with E-state index in [1.807, 2.05) is 6.07 Å². The fourth-order valence-corrected chi connectivity index (χ4v) is 12.7. The second-order valence-electron chi connectivity index (χ2n) is 21.6. The Labute approximate surface area is 436 Å². The summed E-state index contributed by atoms with van der Waals surface area (Å²) in [5, 5.41) is 25.8. The molecule has 0 radical (unpaired) electrons. The molecule has 2 aliphatic carbocycles. The predicted octanol–water partition coefficient (Wildman–Crippen LogP) is 9.54. The summed E-state index contributed by atoms with van der Waals surface area (Å²) < 4.78 is 61.9. The third-order valence-electron chi connectivity index (χ3n) is 15.9. The Kier molecular flexibility index (Phi) is 14.3. The van der Waals surface area contributed by atoms with Crippen molar-refractivity contribution in [3.05, 3.63) is 136 Å². The normalized spacial score (nSPS) is 21.1. The molecule has 2 aliphatic heterocycles. The average molecular weight is 1050 g/mol. The largest absolute Gasteiger partial charge is 0.493 e. The Morgan fingerprint density at radius 2 is 1.73 bits per heavy atom. The molecule has 0 unspecified atom stereocenters. The average Bonchev–Trinajstić information content (AvgIpc) is 3.75. The number of methoxy groups -OCH3 is 2. The quantitative estimate of drug-likeness (QED) is 0.0496. The van der Waals surface area contributed by atoms with Gasteiger partial charge in [0.25, 0.3) is 21.6 Å². The Hall–Kier alpha value is -6.80. The van der Waals surface area contributed by atoms with Crippen molar-refractivity contribution in [2.45, 2.75) is 94.3 Å². The lowest BCUT2D eigenvalue weighted by Gasteiger charge is -2.63. The standard InChI is InChI=1S/C56H65FN8O9S/c1-35(2)42-8-6-7-9-43(42)49-32-62(31-37-10-15-50(72-4)52(22-37)73-5)20-21-64(49)39-26-56(27-39)33-63(34-56)38-11-13-44(51(23-38)74-40-24-45-46(57)30-60-53(45)59-29-40)54(66)61-75(70,71)41-12-14-47(48(25-41)65(68)69)58-28-36-16-18-55(3,67)19-17-36/h6-15,22-25,29-30,35-36,39,49,58,67H,16-21,26-28,31-34H2,1-5H3,(H,59,60)(H,61,66)/t36?,49-,55?/m1/s1. The first kappa shape index (κ1) is 51.7. The van der Waals surface area contributed by atoms with Crippen LogP contribution in [-0.2, 0) is 16.6 Å². The second-order valence-corrected chi connectivity index (χ2v) is 23.2. The van der Waals surface area contributed by atoms with Crippen LogP contribution < -0.4 is 29.1 Å². The summed E-state index contributed by atoms with van der Waals surface area (Å²) >= 11 is 0. The Morgan fingerprint density at radius 1 is 0.973 bits per heavy atom. The van der Waals surface area contributed by atoms with Gasteiger partial charge in [-0.3, -0.25) is 24.7 Å². The van der Waals surface area contributed by atoms with Crippen LogP contribution in [0.15, 0.2) is 102 Å². The van der Waals surface area contributed by atoms with Crippen molar-refractivity contribution < 1.29 is 41.8 Å². The highest BCUT2D eigenvalue weighted by atomic mass is 32.2. The van der Waals surface area contributed by atoms with Gasteiger partial charge in [0.1, 0.15) is 28.7 Å². The van der Waals surface area contributed by atoms with Gasteiger partial charge in [-0.15, -0.1) is 0 Å². The number of piperazine rings is 1. The van der Waals surface area contributed by atoms with E-state index < -0.39 is 42.9 Å². The Morgan fingerprint density at radius 3 is 2.47 bits per heavy atom. The number of aliphatic hydroxyl groups is 1. The van der Waals surface area contributed by atoms with Crippen LogP contribution in [0.4, 0.5) is 21.5 Å². The number of benzene rings is 4. The van der Waals surface area contributed by atoms with Crippen LogP contribution in [0.2, 0.25) is 0 Å². The number of nitro benzene ring substituents is 1. The highest BCUT2D eigenvalue weighted by Gasteiger charge is 2.55. The van der Waals surface area contributed by atoms with Gasteiger partial charge in [-0.25, -0.2) is 22.5 Å². The number of anilines is 2. The lowest BCUT2D eigenvalue weighted by molar-refractivity contribution is -0.384. The summed E-state index contributed by atoms with van der Waals surface area (Å²) in [5.74, 6) is 0.518. The zero-order chi connectivity index (χ0) is 52.8. The van der Waals surface area contributed by atoms with Crippen molar-refractivity contribution in [2.24, 2.45) is 11.3 Å². The maximum atomic E-state index is 14.7. The fourth-order valence-electron chi connectivity index (χ4n) is 11.8. The molecule has 2 aromatic heterocycles. The highest BCUT2D eigenvalue weighted by molar-refractivity contribution is 7.90. The number of hydrogen-bond acceptors (Lipinski definition) is 14. The van der Waals surface area contributed by atoms with Gasteiger partial charge in [0, 0.05) is 87.3 Å². The Balaban J connectivity index is 0.848. The van der Waals surface area contributed by atoms with Crippen molar-refractivity contribution in [1.29, 1.82) is 0 Å². The number of sulfonamides is 1. The number of H-pyrrole nitrogens is 1. The van der Waals surface area contributed by atoms with Gasteiger partial charge < -0.3 is 34.5 Å². The molecule has 4 aromatic carbocycles. The highest BCUT2D eigenvalue weighted by Crippen LogP contribution is 2.54. The first-order valence-electron chi connectivity index (χ1n) is 25.7. The molecule has 0 bridgehead atoms. The van der Waals surface area contributed by atoms with Gasteiger partial charge in [0.15, 0.2) is 11.5 Å². The molecule has 4 fully saturated rings. The summed E-state index contributed by atoms with van der Waals surface area (Å²) in [6.07, 6.45) is 7.32. The van der Waals surface area contributed by atoms with Crippen molar-refractivity contribution >= 4 is 44.0 Å². The minimum atomic E-state index is -4.65. The number of aromatic nitrogens is 2. The SMILES string of the molecule is COc1ccc(CN2CCN(C3CC4(C3)CN(c3ccc(C(=O)NS(=O)(=O)c5ccc(NCC6CCC(C)(O)CC6)c([N+](=O)[O-])c5)c(Oc5cnc6[nH]cc(F)c6c5)c3)C4)[C@@H](c3ccccc3C(C)C)C2)cc1OC. The molecule has 2 saturated carbocycles. The molecule has 2 saturated heterocycles. The third-order valence-corrected chi connectivity index (χ3v) is 17.2. The van der Waals surface area contributed by atoms with E-state index in [1.54, 1.807) is 33.3 Å². The number of nitro groups is 1. The molecule has 75 heavy (non-hydrogen) atoms. The number of aromatic amines is 1. The zero-order valence-electron chi connectivity index (χ0n) is 43.0. The molecule has 1 amide bonds. The molecule has 4 aliphatic rings. The molecule has 1 atom stereocenters. The minimum absolute atomic E-state index is 0.0112. The van der Waals surface area contributed by atoms with Gasteiger partial charge in [-0.05, 0) is 116 Å². The molecule has 19 heteroatoms. The number of nitrogens with one attached hydrogen (secondary N) is 3. The lowest BCUT2D eigenvalue weighted by Crippen LogP contribution is -2.68. The van der Waals surface area contributed by atoms with E-state index in [1.165, 1.54) is 53.3 Å². The van der Waals surface area contributed by atoms with Crippen LogP contribution in [0, 0.1) is 27.3 Å². The summed E-state index contributed by atoms with van der Waals surface area (Å²) in [6.45, 7) is 11.8. The van der Waals surface area contributed by atoms with E-state index in [-0.39, 0.29) is 45.5 Å². The summed E-state index contributed by atoms with van der Waals surface area (Å²) in [4.78, 5) is 39.7. The number of carbonyl (C=O) groups excluding carboxylic acids is 1. The van der Waals surface area contributed by atoms with Crippen LogP contribution >= 0.6 is 0 Å². The number of rotatable bonds is 17. The number of amides is 1. The minimum Gasteiger partial charge on any atom is -0.493 e. The second kappa shape index (κ2) is 20.7. The number of hydrogen-bond donors (Lipinski definition) is 4. The van der Waals surface area contributed by atoms with E-state index in [9.17, 15) is 32.8 Å². The first-order chi connectivity index (χ1) is 35.9. The zero-order valence-corrected chi connectivity index (χ0v) is 43.8. The maximum Gasteiger partial charge on any atom is 0.293 e. The van der Waals surface area contributed by atoms with Gasteiger partial charge in [0.05, 0.1) is 46.8 Å². The molecule has 17 nitrogen and oxygen atoms in total. The summed E-state index contributed by atoms with van der Waals surface area (Å²) in [6, 6.07) is 25.4. The van der Waals surface area contributed by atoms with Crippen LogP contribution in [0.5, 0.6) is 23.0 Å². The molecular weight excluding hydrogens is 980 g/mol. The van der Waals surface area contributed by atoms with Crippen molar-refractivity contribution in [3.63, 3.8) is 0 Å². The number of pyridine rings is 1. The number of fused-ring (bicyclic) bond motifs is 1. The molecular formula is C56H65FN8O9S. The number of ether oxygens (including phenoxy) is 3. The molecule has 396 valence electrons. The van der Waals surface area contributed by atoms with Crippen LogP contribution in [0.25, 0.3) is 11.0 Å². The predicted molar refractivity (Wildman–Crippen MR) is 284 cm³/mol. The van der Waals surface area contributed by atoms with Crippen LogP contribution in [0.1, 0.15) is 98.3 Å². The molecule has 6 aromatic rings. The summed E-state index contributed by atoms with van der Waals surface area (Å²) in [5.41, 5.74) is 3.85. The van der Waals surface area contributed by atoms with E-state index in [0.29, 0.717) is 42.7 Å². The van der Waals surface area contributed by atoms with Crippen molar-refractivity contribution in [1.82, 2.24) is 24.5 Å². The molecule has 4 heterocycles. The fraction of sp³-hybridized carbons (Fsp3) is 0.429. The lowest BCUT2D eigenvalue weighted by atomic mass is 9.59. The third kappa shape index (κ3) is 10.9. The first-order valence-corrected chi connectivity index (χ1v) is 27.2. The summed E-state index contributed by atoms with van der Waals surface area (Å²) in [7, 11) is -1.34. The Bertz CT molecular complexity index is 3220. The topological polar surface area (TPSA) is 205 Å². The van der Waals surface area contributed by atoms with E-state index in [4.69, 9.17) is 14.2 Å². The van der Waals surface area contributed by atoms with E-state index >= 15 is 0 Å². The van der Waals surface area contributed by atoms with Crippen LogP contribution in [0.3, 0.4) is 0 Å². The van der Waals surface area contributed by atoms with E-state index in [0.717, 1.165) is 82.5 Å². The number of carbonyl (C=O) groups is 1. The van der Waals surface area contributed by atoms with Gasteiger partial charge in [-0.1, -0.05) is 44.2 Å². The van der Waals surface area contributed by atoms with Gasteiger partial charge in [-0.2, -0.15) is 0 Å². The monoisotopic (exact) mass is 1040 g/mol. The smallest absolute Gasteiger partial charge is 0.293 e. The van der Waals surface area contributed by atoms with Gasteiger partial charge >= 0.3 is 0 Å².